The lowest BCUT2D eigenvalue weighted by molar-refractivity contribution is 0.127. The molecule has 5 nitrogen and oxygen atoms in total. The lowest BCUT2D eigenvalue weighted by Gasteiger charge is -2.11. The molecule has 1 atom stereocenters. The maximum atomic E-state index is 11.6. The summed E-state index contributed by atoms with van der Waals surface area (Å²) in [6, 6.07) is 0. The minimum Gasteiger partial charge on any atom is -0.379 e. The van der Waals surface area contributed by atoms with Crippen LogP contribution in [0.4, 0.5) is 0 Å². The number of hydrogen-bond donors (Lipinski definition) is 1. The first kappa shape index (κ1) is 14.4. The Morgan fingerprint density at radius 2 is 2.25 bits per heavy atom. The van der Waals surface area contributed by atoms with Gasteiger partial charge in [-0.25, -0.2) is 13.1 Å². The van der Waals surface area contributed by atoms with Crippen molar-refractivity contribution in [3.8, 4) is 0 Å². The van der Waals surface area contributed by atoms with Crippen molar-refractivity contribution in [3.05, 3.63) is 0 Å². The number of alkyl halides is 1. The zero-order chi connectivity index (χ0) is 11.9. The zero-order valence-corrected chi connectivity index (χ0v) is 11.6. The van der Waals surface area contributed by atoms with E-state index in [1.165, 1.54) is 0 Å². The van der Waals surface area contributed by atoms with E-state index in [9.17, 15) is 8.42 Å². The molecule has 1 rings (SSSR count). The molecular weight excluding hydrogens is 298 g/mol. The van der Waals surface area contributed by atoms with Gasteiger partial charge in [0.05, 0.1) is 25.1 Å². The topological polar surface area (TPSA) is 64.6 Å². The van der Waals surface area contributed by atoms with Gasteiger partial charge in [0.2, 0.25) is 10.0 Å². The van der Waals surface area contributed by atoms with E-state index in [2.05, 4.69) is 20.7 Å². The van der Waals surface area contributed by atoms with E-state index in [-0.39, 0.29) is 11.9 Å². The minimum absolute atomic E-state index is 0.0610. The molecule has 0 spiro atoms. The fraction of sp³-hybridized carbons (Fsp3) is 1.00. The molecule has 1 saturated heterocycles. The molecule has 0 amide bonds. The third-order valence-electron chi connectivity index (χ3n) is 2.22. The monoisotopic (exact) mass is 315 g/mol. The molecule has 0 radical (unpaired) electrons. The van der Waals surface area contributed by atoms with Crippen molar-refractivity contribution in [1.82, 2.24) is 4.72 Å². The predicted molar refractivity (Wildman–Crippen MR) is 65.4 cm³/mol. The lowest BCUT2D eigenvalue weighted by atomic mass is 10.3. The average molecular weight is 316 g/mol. The van der Waals surface area contributed by atoms with Crippen molar-refractivity contribution >= 4 is 26.0 Å². The molecule has 1 aliphatic heterocycles. The highest BCUT2D eigenvalue weighted by Gasteiger charge is 2.22. The summed E-state index contributed by atoms with van der Waals surface area (Å²) in [6.45, 7) is 1.99. The van der Waals surface area contributed by atoms with Crippen molar-refractivity contribution in [1.29, 1.82) is 0 Å². The van der Waals surface area contributed by atoms with Crippen LogP contribution in [-0.2, 0) is 19.5 Å². The summed E-state index contributed by atoms with van der Waals surface area (Å²) in [5.41, 5.74) is 0. The van der Waals surface area contributed by atoms with Crippen LogP contribution in [0.3, 0.4) is 0 Å². The fourth-order valence-corrected chi connectivity index (χ4v) is 3.00. The van der Waals surface area contributed by atoms with Crippen molar-refractivity contribution in [3.63, 3.8) is 0 Å². The van der Waals surface area contributed by atoms with Gasteiger partial charge >= 0.3 is 0 Å². The molecule has 1 N–H and O–H groups in total. The Bertz CT molecular complexity index is 277. The fourth-order valence-electron chi connectivity index (χ4n) is 1.51. The Balaban J connectivity index is 2.13. The first-order valence-electron chi connectivity index (χ1n) is 5.37. The number of nitrogens with one attached hydrogen (secondary N) is 1. The van der Waals surface area contributed by atoms with Crippen molar-refractivity contribution < 1.29 is 17.9 Å². The van der Waals surface area contributed by atoms with Gasteiger partial charge in [0.15, 0.2) is 0 Å². The summed E-state index contributed by atoms with van der Waals surface area (Å²) in [5.74, 6) is 0.0610. The van der Waals surface area contributed by atoms with Gasteiger partial charge < -0.3 is 9.47 Å². The van der Waals surface area contributed by atoms with Crippen LogP contribution in [0.25, 0.3) is 0 Å². The van der Waals surface area contributed by atoms with Crippen LogP contribution in [0.2, 0.25) is 0 Å². The number of sulfonamides is 1. The first-order chi connectivity index (χ1) is 7.64. The third-order valence-corrected chi connectivity index (χ3v) is 4.00. The quantitative estimate of drug-likeness (QED) is 0.523. The molecule has 0 bridgehead atoms. The van der Waals surface area contributed by atoms with Gasteiger partial charge in [-0.05, 0) is 12.8 Å². The van der Waals surface area contributed by atoms with E-state index in [0.717, 1.165) is 18.2 Å². The summed E-state index contributed by atoms with van der Waals surface area (Å²) < 4.78 is 36.0. The van der Waals surface area contributed by atoms with Crippen LogP contribution in [0.5, 0.6) is 0 Å². The average Bonchev–Trinajstić information content (AvgIpc) is 2.69. The van der Waals surface area contributed by atoms with Crippen LogP contribution in [0, 0.1) is 0 Å². The Morgan fingerprint density at radius 1 is 1.44 bits per heavy atom. The molecular formula is C9H18BrNO4S. The number of hydrogen-bond acceptors (Lipinski definition) is 4. The molecule has 7 heteroatoms. The number of rotatable bonds is 8. The molecule has 0 aromatic heterocycles. The van der Waals surface area contributed by atoms with Gasteiger partial charge in [-0.1, -0.05) is 15.9 Å². The predicted octanol–water partition coefficient (Wildman–Crippen LogP) is 0.496. The molecule has 1 fully saturated rings. The third kappa shape index (κ3) is 6.15. The van der Waals surface area contributed by atoms with Crippen molar-refractivity contribution in [2.75, 3.05) is 37.4 Å². The second-order valence-corrected chi connectivity index (χ2v) is 6.26. The summed E-state index contributed by atoms with van der Waals surface area (Å²) in [5, 5.41) is 0.760. The number of halogens is 1. The van der Waals surface area contributed by atoms with E-state index in [1.807, 2.05) is 0 Å². The van der Waals surface area contributed by atoms with Crippen LogP contribution >= 0.6 is 15.9 Å². The van der Waals surface area contributed by atoms with E-state index in [0.29, 0.717) is 26.4 Å². The smallest absolute Gasteiger partial charge is 0.214 e. The molecule has 0 saturated carbocycles. The molecule has 1 aliphatic rings. The second kappa shape index (κ2) is 7.60. The van der Waals surface area contributed by atoms with Crippen LogP contribution < -0.4 is 4.72 Å². The first-order valence-corrected chi connectivity index (χ1v) is 8.14. The summed E-state index contributed by atoms with van der Waals surface area (Å²) >= 11 is 3.22. The molecule has 1 heterocycles. The summed E-state index contributed by atoms with van der Waals surface area (Å²) in [6.07, 6.45) is 1.65. The molecule has 0 aromatic carbocycles. The largest absolute Gasteiger partial charge is 0.379 e. The standard InChI is InChI=1S/C9H18BrNO4S/c10-3-6-14-7-4-11-16(12,13)8-9-2-1-5-15-9/h9,11H,1-8H2. The van der Waals surface area contributed by atoms with E-state index < -0.39 is 10.0 Å². The van der Waals surface area contributed by atoms with E-state index >= 15 is 0 Å². The van der Waals surface area contributed by atoms with E-state index in [1.54, 1.807) is 0 Å². The van der Waals surface area contributed by atoms with E-state index in [4.69, 9.17) is 9.47 Å². The van der Waals surface area contributed by atoms with Gasteiger partial charge in [0.25, 0.3) is 0 Å². The lowest BCUT2D eigenvalue weighted by Crippen LogP contribution is -2.34. The second-order valence-electron chi connectivity index (χ2n) is 3.61. The summed E-state index contributed by atoms with van der Waals surface area (Å²) in [7, 11) is -3.22. The summed E-state index contributed by atoms with van der Waals surface area (Å²) in [4.78, 5) is 0. The maximum absolute atomic E-state index is 11.6. The Hall–Kier alpha value is 0.310. The Kier molecular flexibility index (Phi) is 6.83. The van der Waals surface area contributed by atoms with Gasteiger partial charge in [0, 0.05) is 18.5 Å². The Morgan fingerprint density at radius 3 is 2.88 bits per heavy atom. The Labute approximate surface area is 105 Å². The SMILES string of the molecule is O=S(=O)(CC1CCCO1)NCCOCCBr. The van der Waals surface area contributed by atoms with Gasteiger partial charge in [-0.2, -0.15) is 0 Å². The van der Waals surface area contributed by atoms with Gasteiger partial charge in [0.1, 0.15) is 0 Å². The highest BCUT2D eigenvalue weighted by Crippen LogP contribution is 2.13. The molecule has 0 aliphatic carbocycles. The van der Waals surface area contributed by atoms with Crippen molar-refractivity contribution in [2.24, 2.45) is 0 Å². The van der Waals surface area contributed by atoms with Crippen LogP contribution in [0.1, 0.15) is 12.8 Å². The maximum Gasteiger partial charge on any atom is 0.214 e. The highest BCUT2D eigenvalue weighted by molar-refractivity contribution is 9.09. The number of ether oxygens (including phenoxy) is 2. The normalized spacial score (nSPS) is 21.4. The molecule has 16 heavy (non-hydrogen) atoms. The molecule has 1 unspecified atom stereocenters. The van der Waals surface area contributed by atoms with Crippen molar-refractivity contribution in [2.45, 2.75) is 18.9 Å². The molecule has 0 aromatic rings. The van der Waals surface area contributed by atoms with Crippen LogP contribution in [0.15, 0.2) is 0 Å². The highest BCUT2D eigenvalue weighted by atomic mass is 79.9. The molecule has 96 valence electrons. The zero-order valence-electron chi connectivity index (χ0n) is 9.15. The van der Waals surface area contributed by atoms with Gasteiger partial charge in [-0.3, -0.25) is 0 Å². The van der Waals surface area contributed by atoms with Gasteiger partial charge in [-0.15, -0.1) is 0 Å². The minimum atomic E-state index is -3.22. The van der Waals surface area contributed by atoms with Crippen LogP contribution in [-0.4, -0.2) is 52.0 Å².